The van der Waals surface area contributed by atoms with Gasteiger partial charge in [0, 0.05) is 12.2 Å². The summed E-state index contributed by atoms with van der Waals surface area (Å²) in [6.45, 7) is 3.40. The minimum atomic E-state index is -1.18. The summed E-state index contributed by atoms with van der Waals surface area (Å²) in [4.78, 5) is 20.3. The summed E-state index contributed by atoms with van der Waals surface area (Å²) in [6, 6.07) is 0. The number of carbonyl (C=O) groups is 2. The maximum atomic E-state index is 10.5. The average molecular weight is 277 g/mol. The zero-order valence-electron chi connectivity index (χ0n) is 6.53. The van der Waals surface area contributed by atoms with Crippen molar-refractivity contribution in [1.29, 1.82) is 0 Å². The van der Waals surface area contributed by atoms with E-state index in [1.165, 1.54) is 6.08 Å². The molecule has 0 spiro atoms. The first kappa shape index (κ1) is 13.8. The van der Waals surface area contributed by atoms with Crippen molar-refractivity contribution in [2.75, 3.05) is 6.61 Å². The van der Waals surface area contributed by atoms with Gasteiger partial charge in [-0.05, 0) is 0 Å². The first-order chi connectivity index (χ1) is 5.16. The molecular weight excluding hydrogens is 267 g/mol. The molecule has 0 aliphatic carbocycles. The van der Waals surface area contributed by atoms with Crippen molar-refractivity contribution >= 4 is 35.8 Å². The first-order valence-electron chi connectivity index (χ1n) is 2.85. The van der Waals surface area contributed by atoms with Gasteiger partial charge in [-0.25, -0.2) is 9.59 Å². The summed E-state index contributed by atoms with van der Waals surface area (Å²) < 4.78 is 4.43. The minimum absolute atomic E-state index is 0. The van der Waals surface area contributed by atoms with Gasteiger partial charge in [-0.3, -0.25) is 0 Å². The van der Waals surface area contributed by atoms with Crippen molar-refractivity contribution in [2.24, 2.45) is 0 Å². The third kappa shape index (κ3) is 9.22. The second-order valence-electron chi connectivity index (χ2n) is 1.59. The molecule has 1 N–H and O–H groups in total. The Labute approximate surface area is 86.9 Å². The SMILES string of the molecule is C=CCOC(=O)/C=C\C(=O)O.[SnH2]. The number of carboxylic acid groups (broad SMARTS) is 1. The van der Waals surface area contributed by atoms with Crippen LogP contribution in [0.2, 0.25) is 0 Å². The fourth-order valence-electron chi connectivity index (χ4n) is 0.329. The van der Waals surface area contributed by atoms with E-state index in [0.29, 0.717) is 6.08 Å². The monoisotopic (exact) mass is 278 g/mol. The van der Waals surface area contributed by atoms with E-state index in [-0.39, 0.29) is 30.5 Å². The van der Waals surface area contributed by atoms with Crippen molar-refractivity contribution in [1.82, 2.24) is 0 Å². The summed E-state index contributed by atoms with van der Waals surface area (Å²) in [7, 11) is 0. The van der Waals surface area contributed by atoms with Gasteiger partial charge >= 0.3 is 35.8 Å². The molecule has 0 atom stereocenters. The third-order valence-corrected chi connectivity index (χ3v) is 0.705. The van der Waals surface area contributed by atoms with Crippen LogP contribution in [0.15, 0.2) is 24.8 Å². The molecule has 12 heavy (non-hydrogen) atoms. The number of hydrogen-bond donors (Lipinski definition) is 1. The molecule has 0 amide bonds. The van der Waals surface area contributed by atoms with Crippen LogP contribution in [0.5, 0.6) is 0 Å². The van der Waals surface area contributed by atoms with Gasteiger partial charge in [-0.15, -0.1) is 0 Å². The Balaban J connectivity index is 0. The fourth-order valence-corrected chi connectivity index (χ4v) is 0.329. The zero-order chi connectivity index (χ0) is 8.69. The average Bonchev–Trinajstić information content (AvgIpc) is 1.97. The first-order valence-corrected chi connectivity index (χ1v) is 2.85. The molecule has 5 heteroatoms. The van der Waals surface area contributed by atoms with Crippen LogP contribution in [-0.4, -0.2) is 47.6 Å². The van der Waals surface area contributed by atoms with Crippen molar-refractivity contribution in [3.05, 3.63) is 24.8 Å². The van der Waals surface area contributed by atoms with Crippen LogP contribution in [0.25, 0.3) is 0 Å². The number of rotatable bonds is 4. The van der Waals surface area contributed by atoms with Gasteiger partial charge in [0.25, 0.3) is 0 Å². The van der Waals surface area contributed by atoms with Crippen molar-refractivity contribution in [2.45, 2.75) is 0 Å². The molecule has 0 aliphatic rings. The summed E-state index contributed by atoms with van der Waals surface area (Å²) in [5, 5.41) is 8.07. The number of esters is 1. The Morgan fingerprint density at radius 1 is 1.42 bits per heavy atom. The van der Waals surface area contributed by atoms with E-state index in [1.54, 1.807) is 0 Å². The molecule has 66 valence electrons. The van der Waals surface area contributed by atoms with Crippen LogP contribution in [0, 0.1) is 0 Å². The topological polar surface area (TPSA) is 63.6 Å². The quantitative estimate of drug-likeness (QED) is 0.324. The Morgan fingerprint density at radius 3 is 2.42 bits per heavy atom. The van der Waals surface area contributed by atoms with Gasteiger partial charge in [-0.1, -0.05) is 12.7 Å². The molecule has 0 aliphatic heterocycles. The van der Waals surface area contributed by atoms with Crippen LogP contribution in [0.1, 0.15) is 0 Å². The summed E-state index contributed by atoms with van der Waals surface area (Å²) >= 11 is 0. The molecule has 0 aromatic carbocycles. The molecule has 0 bridgehead atoms. The predicted molar refractivity (Wildman–Crippen MR) is 46.5 cm³/mol. The van der Waals surface area contributed by atoms with Crippen LogP contribution in [0.4, 0.5) is 0 Å². The third-order valence-electron chi connectivity index (χ3n) is 0.705. The Morgan fingerprint density at radius 2 is 2.00 bits per heavy atom. The van der Waals surface area contributed by atoms with Crippen molar-refractivity contribution in [3.63, 3.8) is 0 Å². The molecule has 0 aromatic heterocycles. The van der Waals surface area contributed by atoms with Crippen LogP contribution >= 0.6 is 0 Å². The predicted octanol–water partition coefficient (Wildman–Crippen LogP) is -0.560. The maximum absolute atomic E-state index is 10.5. The molecular formula is C7H10O4Sn. The molecule has 0 aromatic rings. The van der Waals surface area contributed by atoms with Crippen LogP contribution < -0.4 is 0 Å². The van der Waals surface area contributed by atoms with Gasteiger partial charge < -0.3 is 9.84 Å². The number of aliphatic carboxylic acids is 1. The van der Waals surface area contributed by atoms with E-state index in [9.17, 15) is 9.59 Å². The summed E-state index contributed by atoms with van der Waals surface area (Å²) in [5.41, 5.74) is 0. The molecule has 0 rings (SSSR count). The normalized spacial score (nSPS) is 8.67. The van der Waals surface area contributed by atoms with Crippen molar-refractivity contribution in [3.8, 4) is 0 Å². The van der Waals surface area contributed by atoms with Gasteiger partial charge in [-0.2, -0.15) is 0 Å². The number of hydrogen-bond acceptors (Lipinski definition) is 3. The fraction of sp³-hybridized carbons (Fsp3) is 0.143. The summed E-state index contributed by atoms with van der Waals surface area (Å²) in [5.74, 6) is -1.87. The van der Waals surface area contributed by atoms with E-state index in [1.807, 2.05) is 0 Å². The van der Waals surface area contributed by atoms with Gasteiger partial charge in [0.2, 0.25) is 0 Å². The van der Waals surface area contributed by atoms with Crippen molar-refractivity contribution < 1.29 is 19.4 Å². The van der Waals surface area contributed by atoms with Gasteiger partial charge in [0.15, 0.2) is 0 Å². The number of carboxylic acids is 1. The molecule has 0 saturated carbocycles. The number of carbonyl (C=O) groups excluding carboxylic acids is 1. The zero-order valence-corrected chi connectivity index (χ0v) is 10.6. The van der Waals surface area contributed by atoms with Crippen LogP contribution in [0.3, 0.4) is 0 Å². The van der Waals surface area contributed by atoms with Gasteiger partial charge in [0.1, 0.15) is 6.61 Å². The molecule has 0 fully saturated rings. The van der Waals surface area contributed by atoms with Crippen LogP contribution in [-0.2, 0) is 14.3 Å². The van der Waals surface area contributed by atoms with E-state index in [4.69, 9.17) is 5.11 Å². The Hall–Kier alpha value is -0.781. The molecule has 0 unspecified atom stereocenters. The van der Waals surface area contributed by atoms with Gasteiger partial charge in [0.05, 0.1) is 0 Å². The second-order valence-corrected chi connectivity index (χ2v) is 1.59. The Bertz CT molecular complexity index is 198. The van der Waals surface area contributed by atoms with E-state index in [2.05, 4.69) is 11.3 Å². The standard InChI is InChI=1S/C7H8O4.Sn.2H/c1-2-5-11-7(10)4-3-6(8)9;;;/h2-4H,1,5H2,(H,8,9);;;/b4-3-;;;. The van der Waals surface area contributed by atoms with E-state index >= 15 is 0 Å². The second kappa shape index (κ2) is 8.32. The molecule has 4 nitrogen and oxygen atoms in total. The molecule has 2 radical (unpaired) electrons. The van der Waals surface area contributed by atoms with E-state index < -0.39 is 11.9 Å². The molecule has 0 saturated heterocycles. The summed E-state index contributed by atoms with van der Waals surface area (Å²) in [6.07, 6.45) is 2.95. The Kier molecular flexibility index (Phi) is 9.55. The van der Waals surface area contributed by atoms with E-state index in [0.717, 1.165) is 6.08 Å². The number of ether oxygens (including phenoxy) is 1. The molecule has 0 heterocycles.